The molecule has 1 aliphatic rings. The summed E-state index contributed by atoms with van der Waals surface area (Å²) in [6.45, 7) is 6.52. The Labute approximate surface area is 185 Å². The second kappa shape index (κ2) is 10.3. The Balaban J connectivity index is 1.67. The van der Waals surface area contributed by atoms with Crippen LogP contribution in [0.15, 0.2) is 66.2 Å². The van der Waals surface area contributed by atoms with Crippen molar-refractivity contribution in [3.8, 4) is 5.75 Å². The number of carbonyl (C=O) groups excluding carboxylic acids is 2. The molecular formula is C22H22ClN3O3S. The van der Waals surface area contributed by atoms with Crippen LogP contribution in [0.3, 0.4) is 0 Å². The number of nitrogens with zero attached hydrogens (tertiary/aromatic N) is 2. The van der Waals surface area contributed by atoms with Gasteiger partial charge >= 0.3 is 0 Å². The summed E-state index contributed by atoms with van der Waals surface area (Å²) in [7, 11) is 0. The zero-order chi connectivity index (χ0) is 21.5. The van der Waals surface area contributed by atoms with Crippen LogP contribution in [0, 0.1) is 0 Å². The van der Waals surface area contributed by atoms with Crippen molar-refractivity contribution >= 4 is 51.7 Å². The van der Waals surface area contributed by atoms with Gasteiger partial charge in [-0.3, -0.25) is 14.5 Å². The molecule has 1 aliphatic heterocycles. The molecule has 2 aromatic carbocycles. The Hall–Kier alpha value is -2.77. The summed E-state index contributed by atoms with van der Waals surface area (Å²) >= 11 is 7.20. The summed E-state index contributed by atoms with van der Waals surface area (Å²) in [6.07, 6.45) is 1.68. The van der Waals surface area contributed by atoms with E-state index in [-0.39, 0.29) is 18.2 Å². The Bertz CT molecular complexity index is 945. The monoisotopic (exact) mass is 443 g/mol. The van der Waals surface area contributed by atoms with Gasteiger partial charge in [-0.15, -0.1) is 6.58 Å². The molecule has 0 aromatic heterocycles. The number of anilines is 1. The number of halogens is 1. The van der Waals surface area contributed by atoms with E-state index in [0.29, 0.717) is 34.7 Å². The number of hydrogen-bond donors (Lipinski definition) is 1. The Morgan fingerprint density at radius 1 is 1.27 bits per heavy atom. The highest BCUT2D eigenvalue weighted by Gasteiger charge is 2.38. The fourth-order valence-corrected chi connectivity index (χ4v) is 4.12. The van der Waals surface area contributed by atoms with Crippen LogP contribution in [0.5, 0.6) is 5.75 Å². The summed E-state index contributed by atoms with van der Waals surface area (Å²) < 4.78 is 5.39. The molecule has 0 saturated carbocycles. The second-order valence-corrected chi connectivity index (χ2v) is 8.03. The van der Waals surface area contributed by atoms with Crippen LogP contribution in [0.1, 0.15) is 13.3 Å². The third kappa shape index (κ3) is 5.64. The number of hydrogen-bond acceptors (Lipinski definition) is 5. The van der Waals surface area contributed by atoms with Crippen molar-refractivity contribution in [1.29, 1.82) is 0 Å². The van der Waals surface area contributed by atoms with Crippen LogP contribution in [0.2, 0.25) is 5.02 Å². The minimum Gasteiger partial charge on any atom is -0.494 e. The molecule has 6 nitrogen and oxygen atoms in total. The first-order valence-corrected chi connectivity index (χ1v) is 10.7. The summed E-state index contributed by atoms with van der Waals surface area (Å²) in [5.74, 6) is 0.339. The second-order valence-electron chi connectivity index (χ2n) is 6.42. The zero-order valence-electron chi connectivity index (χ0n) is 16.5. The zero-order valence-corrected chi connectivity index (χ0v) is 18.1. The molecule has 30 heavy (non-hydrogen) atoms. The normalized spacial score (nSPS) is 17.3. The lowest BCUT2D eigenvalue weighted by Gasteiger charge is -2.13. The molecule has 1 saturated heterocycles. The van der Waals surface area contributed by atoms with Crippen molar-refractivity contribution in [3.63, 3.8) is 0 Å². The van der Waals surface area contributed by atoms with Gasteiger partial charge in [0.2, 0.25) is 11.8 Å². The number of ether oxygens (including phenoxy) is 1. The molecule has 0 aliphatic carbocycles. The Morgan fingerprint density at radius 2 is 1.97 bits per heavy atom. The Morgan fingerprint density at radius 3 is 2.60 bits per heavy atom. The van der Waals surface area contributed by atoms with Crippen molar-refractivity contribution in [1.82, 2.24) is 4.90 Å². The molecule has 2 amide bonds. The number of benzene rings is 2. The number of nitrogens with one attached hydrogen (secondary N) is 1. The van der Waals surface area contributed by atoms with Gasteiger partial charge in [0.05, 0.1) is 12.3 Å². The smallest absolute Gasteiger partial charge is 0.242 e. The largest absolute Gasteiger partial charge is 0.494 e. The minimum absolute atomic E-state index is 0.0456. The van der Waals surface area contributed by atoms with E-state index in [4.69, 9.17) is 16.3 Å². The molecule has 1 fully saturated rings. The number of aliphatic imine (C=N–C) groups is 1. The number of carbonyl (C=O) groups is 2. The van der Waals surface area contributed by atoms with Crippen molar-refractivity contribution in [2.45, 2.75) is 18.6 Å². The van der Waals surface area contributed by atoms with Gasteiger partial charge in [0, 0.05) is 23.7 Å². The van der Waals surface area contributed by atoms with Gasteiger partial charge in [-0.1, -0.05) is 29.4 Å². The van der Waals surface area contributed by atoms with Crippen LogP contribution in [0.4, 0.5) is 11.4 Å². The molecule has 156 valence electrons. The van der Waals surface area contributed by atoms with Crippen molar-refractivity contribution in [3.05, 3.63) is 66.2 Å². The fourth-order valence-electron chi connectivity index (χ4n) is 2.83. The van der Waals surface area contributed by atoms with Crippen LogP contribution in [-0.2, 0) is 9.59 Å². The van der Waals surface area contributed by atoms with E-state index in [9.17, 15) is 9.59 Å². The van der Waals surface area contributed by atoms with E-state index in [2.05, 4.69) is 16.9 Å². The molecule has 1 heterocycles. The van der Waals surface area contributed by atoms with Crippen molar-refractivity contribution in [2.75, 3.05) is 18.5 Å². The number of thioether (sulfide) groups is 1. The van der Waals surface area contributed by atoms with Gasteiger partial charge in [0.25, 0.3) is 0 Å². The fraction of sp³-hybridized carbons (Fsp3) is 0.227. The molecule has 2 aromatic rings. The van der Waals surface area contributed by atoms with Crippen LogP contribution in [0.25, 0.3) is 0 Å². The average Bonchev–Trinajstić information content (AvgIpc) is 3.00. The van der Waals surface area contributed by atoms with E-state index < -0.39 is 5.25 Å². The molecule has 1 N–H and O–H groups in total. The van der Waals surface area contributed by atoms with Crippen molar-refractivity contribution < 1.29 is 14.3 Å². The molecule has 0 radical (unpaired) electrons. The van der Waals surface area contributed by atoms with E-state index in [1.807, 2.05) is 6.92 Å². The summed E-state index contributed by atoms with van der Waals surface area (Å²) in [6, 6.07) is 14.1. The molecule has 0 spiro atoms. The van der Waals surface area contributed by atoms with Gasteiger partial charge in [-0.2, -0.15) is 0 Å². The number of amides is 2. The topological polar surface area (TPSA) is 71.0 Å². The molecule has 0 bridgehead atoms. The Kier molecular flexibility index (Phi) is 7.54. The molecular weight excluding hydrogens is 422 g/mol. The quantitative estimate of drug-likeness (QED) is 0.590. The SMILES string of the molecule is C=CCN1C(=O)[C@H](CC(=O)Nc2ccc(OCC)cc2)SC1=Nc1ccc(Cl)cc1. The van der Waals surface area contributed by atoms with Crippen molar-refractivity contribution in [2.24, 2.45) is 4.99 Å². The molecule has 3 rings (SSSR count). The molecule has 0 unspecified atom stereocenters. The predicted octanol–water partition coefficient (Wildman–Crippen LogP) is 4.89. The number of amidine groups is 1. The van der Waals surface area contributed by atoms with Gasteiger partial charge in [-0.05, 0) is 55.5 Å². The average molecular weight is 444 g/mol. The standard InChI is InChI=1S/C22H22ClN3O3S/c1-3-13-26-21(28)19(30-22(26)25-17-7-5-15(23)6-8-17)14-20(27)24-16-9-11-18(12-10-16)29-4-2/h3,5-12,19H,1,4,13-14H2,2H3,(H,24,27)/t19-/m0/s1. The summed E-state index contributed by atoms with van der Waals surface area (Å²) in [4.78, 5) is 31.4. The lowest BCUT2D eigenvalue weighted by atomic mass is 10.2. The van der Waals surface area contributed by atoms with Gasteiger partial charge in [0.15, 0.2) is 5.17 Å². The first kappa shape index (κ1) is 21.9. The molecule has 8 heteroatoms. The van der Waals surface area contributed by atoms with Crippen LogP contribution < -0.4 is 10.1 Å². The summed E-state index contributed by atoms with van der Waals surface area (Å²) in [5, 5.41) is 3.43. The lowest BCUT2D eigenvalue weighted by molar-refractivity contribution is -0.127. The van der Waals surface area contributed by atoms with Gasteiger partial charge < -0.3 is 10.1 Å². The third-order valence-electron chi connectivity index (χ3n) is 4.20. The van der Waals surface area contributed by atoms with E-state index in [0.717, 1.165) is 5.75 Å². The van der Waals surface area contributed by atoms with E-state index in [1.165, 1.54) is 11.8 Å². The highest BCUT2D eigenvalue weighted by molar-refractivity contribution is 8.15. The maximum atomic E-state index is 12.8. The van der Waals surface area contributed by atoms with E-state index in [1.54, 1.807) is 59.5 Å². The molecule has 1 atom stereocenters. The maximum absolute atomic E-state index is 12.8. The third-order valence-corrected chi connectivity index (χ3v) is 5.63. The van der Waals surface area contributed by atoms with E-state index >= 15 is 0 Å². The number of rotatable bonds is 8. The minimum atomic E-state index is -0.543. The van der Waals surface area contributed by atoms with Crippen LogP contribution >= 0.6 is 23.4 Å². The lowest BCUT2D eigenvalue weighted by Crippen LogP contribution is -2.33. The summed E-state index contributed by atoms with van der Waals surface area (Å²) in [5.41, 5.74) is 1.33. The predicted molar refractivity (Wildman–Crippen MR) is 123 cm³/mol. The first-order valence-electron chi connectivity index (χ1n) is 9.46. The first-order chi connectivity index (χ1) is 14.5. The highest BCUT2D eigenvalue weighted by Crippen LogP contribution is 2.32. The highest BCUT2D eigenvalue weighted by atomic mass is 35.5. The van der Waals surface area contributed by atoms with Gasteiger partial charge in [0.1, 0.15) is 11.0 Å². The van der Waals surface area contributed by atoms with Crippen LogP contribution in [-0.4, -0.2) is 40.3 Å². The van der Waals surface area contributed by atoms with Gasteiger partial charge in [-0.25, -0.2) is 4.99 Å². The maximum Gasteiger partial charge on any atom is 0.242 e.